The van der Waals surface area contributed by atoms with Gasteiger partial charge in [0.1, 0.15) is 16.7 Å². The average molecular weight is 705 g/mol. The van der Waals surface area contributed by atoms with E-state index in [0.717, 1.165) is 99.5 Å². The van der Waals surface area contributed by atoms with Gasteiger partial charge in [-0.05, 0) is 99.6 Å². The summed E-state index contributed by atoms with van der Waals surface area (Å²) in [5.74, 6) is 0.632. The topological polar surface area (TPSA) is 42.4 Å². The maximum atomic E-state index is 6.48. The van der Waals surface area contributed by atoms with Crippen LogP contribution in [-0.2, 0) is 0 Å². The summed E-state index contributed by atoms with van der Waals surface area (Å²) in [6, 6.07) is 68.2. The lowest BCUT2D eigenvalue weighted by atomic mass is 9.96. The molecule has 0 radical (unpaired) electrons. The van der Waals surface area contributed by atoms with Crippen LogP contribution in [0.4, 0.5) is 17.1 Å². The van der Waals surface area contributed by atoms with E-state index in [1.54, 1.807) is 0 Å². The van der Waals surface area contributed by atoms with E-state index in [-0.39, 0.29) is 0 Å². The molecule has 0 N–H and O–H groups in total. The Morgan fingerprint density at radius 2 is 1.09 bits per heavy atom. The number of anilines is 3. The van der Waals surface area contributed by atoms with Crippen LogP contribution in [0.1, 0.15) is 0 Å². The number of para-hydroxylation sites is 2. The molecule has 0 saturated carbocycles. The maximum absolute atomic E-state index is 6.48. The molecule has 0 unspecified atom stereocenters. The summed E-state index contributed by atoms with van der Waals surface area (Å²) >= 11 is 0. The van der Waals surface area contributed by atoms with Crippen LogP contribution >= 0.6 is 0 Å². The summed E-state index contributed by atoms with van der Waals surface area (Å²) in [4.78, 5) is 7.23. The minimum atomic E-state index is 0.632. The molecule has 9 aromatic carbocycles. The van der Waals surface area contributed by atoms with Gasteiger partial charge >= 0.3 is 0 Å². The lowest BCUT2D eigenvalue weighted by Crippen LogP contribution is -2.11. The van der Waals surface area contributed by atoms with E-state index >= 15 is 0 Å². The standard InChI is InChI=1S/C51H32N2O2/c1-3-12-33(13-4-1)41-18-7-9-20-46(41)53(40-26-29-48-44(32-40)43-19-8-10-21-47(43)54-48)39-17-11-16-36(31-39)37-24-27-42-38(30-37)23-22-34-25-28-45-50(49(34)42)55-51(52-45)35-14-5-2-6-15-35/h1-32H. The third-order valence-corrected chi connectivity index (χ3v) is 10.7. The highest BCUT2D eigenvalue weighted by molar-refractivity contribution is 6.18. The number of fused-ring (bicyclic) bond motifs is 8. The highest BCUT2D eigenvalue weighted by atomic mass is 16.3. The second-order valence-electron chi connectivity index (χ2n) is 13.9. The minimum Gasteiger partial charge on any atom is -0.456 e. The van der Waals surface area contributed by atoms with Crippen LogP contribution in [0, 0.1) is 0 Å². The van der Waals surface area contributed by atoms with Crippen molar-refractivity contribution in [1.82, 2.24) is 4.98 Å². The molecule has 11 rings (SSSR count). The van der Waals surface area contributed by atoms with Gasteiger partial charge < -0.3 is 13.7 Å². The fourth-order valence-corrected chi connectivity index (χ4v) is 8.05. The van der Waals surface area contributed by atoms with Gasteiger partial charge in [0.25, 0.3) is 0 Å². The highest BCUT2D eigenvalue weighted by Crippen LogP contribution is 2.44. The molecule has 11 aromatic rings. The second kappa shape index (κ2) is 12.6. The molecule has 55 heavy (non-hydrogen) atoms. The molecule has 0 saturated heterocycles. The minimum absolute atomic E-state index is 0.632. The Morgan fingerprint density at radius 1 is 0.400 bits per heavy atom. The Bertz CT molecular complexity index is 3220. The largest absolute Gasteiger partial charge is 0.456 e. The van der Waals surface area contributed by atoms with Crippen LogP contribution in [0.3, 0.4) is 0 Å². The van der Waals surface area contributed by atoms with Crippen molar-refractivity contribution in [2.24, 2.45) is 0 Å². The Balaban J connectivity index is 1.07. The number of benzene rings is 9. The van der Waals surface area contributed by atoms with Crippen LogP contribution < -0.4 is 4.90 Å². The molecule has 0 bridgehead atoms. The summed E-state index contributed by atoms with van der Waals surface area (Å²) in [5, 5.41) is 6.68. The average Bonchev–Trinajstić information content (AvgIpc) is 3.86. The Hall–Kier alpha value is -7.43. The molecule has 4 heteroatoms. The van der Waals surface area contributed by atoms with E-state index in [4.69, 9.17) is 13.8 Å². The van der Waals surface area contributed by atoms with Crippen molar-refractivity contribution in [3.05, 3.63) is 194 Å². The first kappa shape index (κ1) is 31.1. The predicted molar refractivity (Wildman–Crippen MR) is 227 cm³/mol. The molecule has 0 fully saturated rings. The summed E-state index contributed by atoms with van der Waals surface area (Å²) < 4.78 is 12.7. The van der Waals surface area contributed by atoms with Crippen LogP contribution in [0.2, 0.25) is 0 Å². The van der Waals surface area contributed by atoms with Gasteiger partial charge in [-0.15, -0.1) is 0 Å². The van der Waals surface area contributed by atoms with E-state index in [1.165, 1.54) is 0 Å². The van der Waals surface area contributed by atoms with Gasteiger partial charge in [-0.1, -0.05) is 127 Å². The zero-order chi connectivity index (χ0) is 36.3. The molecular weight excluding hydrogens is 673 g/mol. The summed E-state index contributed by atoms with van der Waals surface area (Å²) in [6.07, 6.45) is 0. The molecule has 0 amide bonds. The lowest BCUT2D eigenvalue weighted by molar-refractivity contribution is 0.623. The molecule has 0 spiro atoms. The van der Waals surface area contributed by atoms with E-state index in [2.05, 4.69) is 150 Å². The molecular formula is C51H32N2O2. The molecule has 0 aliphatic heterocycles. The van der Waals surface area contributed by atoms with E-state index in [0.29, 0.717) is 5.89 Å². The molecule has 4 nitrogen and oxygen atoms in total. The van der Waals surface area contributed by atoms with Crippen molar-refractivity contribution in [3.8, 4) is 33.7 Å². The van der Waals surface area contributed by atoms with Crippen LogP contribution in [-0.4, -0.2) is 4.98 Å². The van der Waals surface area contributed by atoms with Gasteiger partial charge in [-0.2, -0.15) is 0 Å². The first-order valence-electron chi connectivity index (χ1n) is 18.5. The van der Waals surface area contributed by atoms with Crippen LogP contribution in [0.25, 0.3) is 88.3 Å². The first-order valence-corrected chi connectivity index (χ1v) is 18.5. The highest BCUT2D eigenvalue weighted by Gasteiger charge is 2.20. The smallest absolute Gasteiger partial charge is 0.227 e. The first-order chi connectivity index (χ1) is 27.2. The molecule has 2 heterocycles. The van der Waals surface area contributed by atoms with Gasteiger partial charge in [-0.25, -0.2) is 4.98 Å². The normalized spacial score (nSPS) is 11.6. The molecule has 0 atom stereocenters. The zero-order valence-corrected chi connectivity index (χ0v) is 29.7. The van der Waals surface area contributed by atoms with E-state index < -0.39 is 0 Å². The Labute approximate surface area is 317 Å². The van der Waals surface area contributed by atoms with Crippen molar-refractivity contribution in [1.29, 1.82) is 0 Å². The van der Waals surface area contributed by atoms with Gasteiger partial charge in [0, 0.05) is 38.7 Å². The molecule has 2 aromatic heterocycles. The molecule has 258 valence electrons. The fraction of sp³-hybridized carbons (Fsp3) is 0. The summed E-state index contributed by atoms with van der Waals surface area (Å²) in [5.41, 5.74) is 12.2. The number of furan rings is 1. The van der Waals surface area contributed by atoms with Gasteiger partial charge in [0.2, 0.25) is 5.89 Å². The molecule has 0 aliphatic carbocycles. The van der Waals surface area contributed by atoms with Crippen molar-refractivity contribution in [3.63, 3.8) is 0 Å². The van der Waals surface area contributed by atoms with Gasteiger partial charge in [0.05, 0.1) is 5.69 Å². The Kier molecular flexibility index (Phi) is 7.14. The van der Waals surface area contributed by atoms with Gasteiger partial charge in [-0.3, -0.25) is 0 Å². The van der Waals surface area contributed by atoms with E-state index in [9.17, 15) is 0 Å². The number of hydrogen-bond donors (Lipinski definition) is 0. The van der Waals surface area contributed by atoms with Crippen LogP contribution in [0.5, 0.6) is 0 Å². The van der Waals surface area contributed by atoms with Crippen LogP contribution in [0.15, 0.2) is 203 Å². The third kappa shape index (κ3) is 5.26. The summed E-state index contributed by atoms with van der Waals surface area (Å²) in [6.45, 7) is 0. The number of nitrogens with zero attached hydrogens (tertiary/aromatic N) is 2. The lowest BCUT2D eigenvalue weighted by Gasteiger charge is -2.28. The number of rotatable bonds is 6. The number of hydrogen-bond acceptors (Lipinski definition) is 4. The SMILES string of the molecule is c1ccc(-c2nc3ccc4ccc5cc(-c6cccc(N(c7ccc8oc9ccccc9c8c7)c7ccccc7-c7ccccc7)c6)ccc5c4c3o2)cc1. The van der Waals surface area contributed by atoms with E-state index in [1.807, 2.05) is 48.5 Å². The van der Waals surface area contributed by atoms with Crippen molar-refractivity contribution in [2.45, 2.75) is 0 Å². The zero-order valence-electron chi connectivity index (χ0n) is 29.7. The van der Waals surface area contributed by atoms with Crippen molar-refractivity contribution >= 4 is 71.6 Å². The maximum Gasteiger partial charge on any atom is 0.227 e. The van der Waals surface area contributed by atoms with Crippen molar-refractivity contribution < 1.29 is 8.83 Å². The van der Waals surface area contributed by atoms with Gasteiger partial charge in [0.15, 0.2) is 5.58 Å². The molecule has 0 aliphatic rings. The second-order valence-corrected chi connectivity index (χ2v) is 13.9. The third-order valence-electron chi connectivity index (χ3n) is 10.7. The fourth-order valence-electron chi connectivity index (χ4n) is 8.05. The Morgan fingerprint density at radius 3 is 1.98 bits per heavy atom. The summed E-state index contributed by atoms with van der Waals surface area (Å²) in [7, 11) is 0. The quantitative estimate of drug-likeness (QED) is 0.162. The predicted octanol–water partition coefficient (Wildman–Crippen LogP) is 14.5. The number of aromatic nitrogens is 1. The monoisotopic (exact) mass is 704 g/mol. The number of oxazole rings is 1. The van der Waals surface area contributed by atoms with Crippen molar-refractivity contribution in [2.75, 3.05) is 4.90 Å².